The molecule has 4 rings (SSSR count). The number of rotatable bonds is 4. The number of methoxy groups -OCH3 is 2. The van der Waals surface area contributed by atoms with Crippen LogP contribution in [0.5, 0.6) is 28.7 Å². The molecule has 2 aromatic rings. The third kappa shape index (κ3) is 3.27. The van der Waals surface area contributed by atoms with Crippen LogP contribution in [0.1, 0.15) is 22.3 Å². The second-order valence-corrected chi connectivity index (χ2v) is 7.99. The fraction of sp³-hybridized carbons (Fsp3) is 0.455. The molecule has 0 spiro atoms. The van der Waals surface area contributed by atoms with Crippen LogP contribution in [-0.4, -0.2) is 46.5 Å². The van der Waals surface area contributed by atoms with Crippen LogP contribution >= 0.6 is 0 Å². The first-order valence-electron chi connectivity index (χ1n) is 9.92. The van der Waals surface area contributed by atoms with Crippen LogP contribution in [0.3, 0.4) is 0 Å². The number of aromatic hydroxyl groups is 1. The quantitative estimate of drug-likeness (QED) is 0.710. The Morgan fingerprint density at radius 3 is 2.21 bits per heavy atom. The Hall–Kier alpha value is -2.44. The predicted octanol–water partition coefficient (Wildman–Crippen LogP) is 0.343. The number of hydrogen-bond acceptors (Lipinski definition) is 4. The minimum absolute atomic E-state index is 0.232. The number of quaternary nitrogens is 2. The summed E-state index contributed by atoms with van der Waals surface area (Å²) in [5.41, 5.74) is 4.53. The Balaban J connectivity index is 1.83. The minimum Gasteiger partial charge on any atom is -0.504 e. The zero-order valence-electron chi connectivity index (χ0n) is 17.1. The summed E-state index contributed by atoms with van der Waals surface area (Å²) in [4.78, 5) is 2.82. The molecule has 150 valence electrons. The van der Waals surface area contributed by atoms with E-state index in [9.17, 15) is 5.11 Å². The first-order valence-corrected chi connectivity index (χ1v) is 9.92. The number of phenols is 1. The zero-order valence-corrected chi connectivity index (χ0v) is 17.1. The van der Waals surface area contributed by atoms with Crippen molar-refractivity contribution in [3.05, 3.63) is 40.5 Å². The SMILES string of the molecule is COc1cc(Oc2c(OC)ccc3c2C[NH+](C)CC3)c2c(c1O)C[NH+](C)CC2. The average Bonchev–Trinajstić information content (AvgIpc) is 2.70. The number of nitrogens with one attached hydrogen (secondary N) is 2. The molecule has 0 amide bonds. The molecule has 3 N–H and O–H groups in total. The van der Waals surface area contributed by atoms with E-state index < -0.39 is 0 Å². The number of fused-ring (bicyclic) bond motifs is 2. The Morgan fingerprint density at radius 2 is 1.50 bits per heavy atom. The summed E-state index contributed by atoms with van der Waals surface area (Å²) < 4.78 is 17.6. The molecule has 2 aliphatic rings. The van der Waals surface area contributed by atoms with Gasteiger partial charge in [-0.15, -0.1) is 0 Å². The highest BCUT2D eigenvalue weighted by Gasteiger charge is 2.29. The van der Waals surface area contributed by atoms with E-state index in [1.807, 2.05) is 12.1 Å². The topological polar surface area (TPSA) is 56.8 Å². The Labute approximate surface area is 166 Å². The number of benzene rings is 2. The second-order valence-electron chi connectivity index (χ2n) is 7.99. The normalized spacial score (nSPS) is 20.9. The lowest BCUT2D eigenvalue weighted by Gasteiger charge is -2.28. The summed E-state index contributed by atoms with van der Waals surface area (Å²) in [5, 5.41) is 10.6. The number of phenolic OH excluding ortho intramolecular Hbond substituents is 1. The maximum absolute atomic E-state index is 10.6. The van der Waals surface area contributed by atoms with Gasteiger partial charge in [0.15, 0.2) is 23.0 Å². The van der Waals surface area contributed by atoms with Gasteiger partial charge >= 0.3 is 0 Å². The summed E-state index contributed by atoms with van der Waals surface area (Å²) in [6.45, 7) is 3.79. The number of likely N-dealkylation sites (N-methyl/N-ethyl adjacent to an activating group) is 2. The van der Waals surface area contributed by atoms with Crippen LogP contribution in [0.2, 0.25) is 0 Å². The van der Waals surface area contributed by atoms with Gasteiger partial charge in [-0.25, -0.2) is 0 Å². The third-order valence-electron chi connectivity index (χ3n) is 6.00. The maximum atomic E-state index is 10.6. The summed E-state index contributed by atoms with van der Waals surface area (Å²) in [7, 11) is 7.60. The largest absolute Gasteiger partial charge is 0.504 e. The lowest BCUT2D eigenvalue weighted by molar-refractivity contribution is -0.895. The fourth-order valence-electron chi connectivity index (χ4n) is 4.35. The van der Waals surface area contributed by atoms with Crippen molar-refractivity contribution in [1.82, 2.24) is 0 Å². The van der Waals surface area contributed by atoms with Gasteiger partial charge in [-0.1, -0.05) is 6.07 Å². The number of hydrogen-bond donors (Lipinski definition) is 3. The molecule has 0 aliphatic carbocycles. The van der Waals surface area contributed by atoms with Crippen LogP contribution in [-0.2, 0) is 25.9 Å². The van der Waals surface area contributed by atoms with Crippen molar-refractivity contribution in [2.45, 2.75) is 25.9 Å². The summed E-state index contributed by atoms with van der Waals surface area (Å²) in [5.74, 6) is 2.98. The standard InChI is InChI=1S/C22H28N2O4/c1-23-9-7-14-5-6-18(26-3)22(16(14)12-23)28-19-11-20(27-4)21(25)17-13-24(2)10-8-15(17)19/h5-6,11,25H,7-10,12-13H2,1-4H3/p+2. The van der Waals surface area contributed by atoms with Crippen molar-refractivity contribution in [3.8, 4) is 28.7 Å². The van der Waals surface area contributed by atoms with Crippen LogP contribution in [0.25, 0.3) is 0 Å². The van der Waals surface area contributed by atoms with Crippen LogP contribution in [0.15, 0.2) is 18.2 Å². The molecule has 6 heteroatoms. The average molecular weight is 386 g/mol. The van der Waals surface area contributed by atoms with E-state index in [-0.39, 0.29) is 5.75 Å². The van der Waals surface area contributed by atoms with E-state index in [0.717, 1.165) is 67.4 Å². The molecule has 0 fully saturated rings. The van der Waals surface area contributed by atoms with Crippen molar-refractivity contribution in [3.63, 3.8) is 0 Å². The molecule has 28 heavy (non-hydrogen) atoms. The van der Waals surface area contributed by atoms with E-state index in [2.05, 4.69) is 20.2 Å². The van der Waals surface area contributed by atoms with Gasteiger partial charge in [-0.05, 0) is 11.6 Å². The minimum atomic E-state index is 0.232. The van der Waals surface area contributed by atoms with E-state index >= 15 is 0 Å². The van der Waals surface area contributed by atoms with Crippen molar-refractivity contribution < 1.29 is 29.1 Å². The highest BCUT2D eigenvalue weighted by atomic mass is 16.5. The summed E-state index contributed by atoms with van der Waals surface area (Å²) >= 11 is 0. The molecule has 0 saturated heterocycles. The van der Waals surface area contributed by atoms with Crippen molar-refractivity contribution in [2.24, 2.45) is 0 Å². The lowest BCUT2D eigenvalue weighted by atomic mass is 9.96. The molecule has 2 unspecified atom stereocenters. The van der Waals surface area contributed by atoms with E-state index in [4.69, 9.17) is 14.2 Å². The van der Waals surface area contributed by atoms with Gasteiger partial charge in [-0.2, -0.15) is 0 Å². The summed E-state index contributed by atoms with van der Waals surface area (Å²) in [6, 6.07) is 5.96. The molecule has 2 aromatic carbocycles. The van der Waals surface area contributed by atoms with Gasteiger partial charge in [0.05, 0.1) is 52.5 Å². The van der Waals surface area contributed by atoms with Crippen LogP contribution in [0.4, 0.5) is 0 Å². The van der Waals surface area contributed by atoms with Gasteiger partial charge in [0.2, 0.25) is 0 Å². The molecular formula is C22H30N2O4+2. The predicted molar refractivity (Wildman–Crippen MR) is 106 cm³/mol. The maximum Gasteiger partial charge on any atom is 0.178 e. The van der Waals surface area contributed by atoms with Crippen molar-refractivity contribution in [2.75, 3.05) is 41.4 Å². The van der Waals surface area contributed by atoms with Gasteiger partial charge in [0.1, 0.15) is 18.8 Å². The Bertz CT molecular complexity index is 897. The molecule has 2 heterocycles. The van der Waals surface area contributed by atoms with Crippen LogP contribution in [0, 0.1) is 0 Å². The van der Waals surface area contributed by atoms with Gasteiger partial charge in [0.25, 0.3) is 0 Å². The zero-order chi connectivity index (χ0) is 19.8. The Kier molecular flexibility index (Phi) is 5.08. The monoisotopic (exact) mass is 386 g/mol. The second kappa shape index (κ2) is 7.53. The van der Waals surface area contributed by atoms with E-state index in [1.54, 1.807) is 14.2 Å². The molecule has 0 saturated carbocycles. The smallest absolute Gasteiger partial charge is 0.178 e. The molecular weight excluding hydrogens is 356 g/mol. The molecule has 2 aliphatic heterocycles. The number of ether oxygens (including phenoxy) is 3. The molecule has 0 bridgehead atoms. The van der Waals surface area contributed by atoms with E-state index in [1.165, 1.54) is 20.9 Å². The fourth-order valence-corrected chi connectivity index (χ4v) is 4.35. The molecule has 0 aromatic heterocycles. The lowest BCUT2D eigenvalue weighted by Crippen LogP contribution is -3.08. The van der Waals surface area contributed by atoms with Gasteiger partial charge in [0, 0.05) is 24.5 Å². The highest BCUT2D eigenvalue weighted by Crippen LogP contribution is 2.44. The van der Waals surface area contributed by atoms with Crippen molar-refractivity contribution >= 4 is 0 Å². The van der Waals surface area contributed by atoms with Gasteiger partial charge in [-0.3, -0.25) is 0 Å². The molecule has 0 radical (unpaired) electrons. The molecule has 6 nitrogen and oxygen atoms in total. The third-order valence-corrected chi connectivity index (χ3v) is 6.00. The van der Waals surface area contributed by atoms with Crippen molar-refractivity contribution in [1.29, 1.82) is 0 Å². The van der Waals surface area contributed by atoms with E-state index in [0.29, 0.717) is 5.75 Å². The van der Waals surface area contributed by atoms with Crippen LogP contribution < -0.4 is 24.0 Å². The molecule has 2 atom stereocenters. The first-order chi connectivity index (χ1) is 13.5. The first kappa shape index (κ1) is 18.9. The Morgan fingerprint density at radius 1 is 0.821 bits per heavy atom. The highest BCUT2D eigenvalue weighted by molar-refractivity contribution is 5.60. The summed E-state index contributed by atoms with van der Waals surface area (Å²) in [6.07, 6.45) is 1.89. The van der Waals surface area contributed by atoms with Gasteiger partial charge < -0.3 is 29.1 Å².